The van der Waals surface area contributed by atoms with E-state index in [4.69, 9.17) is 0 Å². The smallest absolute Gasteiger partial charge is 0.253 e. The number of rotatable bonds is 1. The van der Waals surface area contributed by atoms with E-state index >= 15 is 0 Å². The van der Waals surface area contributed by atoms with Gasteiger partial charge in [0.05, 0.1) is 5.57 Å². The normalized spacial score (nSPS) is 17.5. The van der Waals surface area contributed by atoms with Crippen molar-refractivity contribution in [3.05, 3.63) is 41.6 Å². The minimum Gasteiger partial charge on any atom is -0.393 e. The van der Waals surface area contributed by atoms with Gasteiger partial charge in [-0.25, -0.2) is 0 Å². The minimum atomic E-state index is -0.0157. The number of carbonyl (C=O) groups is 1. The molecule has 14 heavy (non-hydrogen) atoms. The van der Waals surface area contributed by atoms with Gasteiger partial charge in [0.1, 0.15) is 0 Å². The fourth-order valence-electron chi connectivity index (χ4n) is 1.62. The second kappa shape index (κ2) is 3.54. The van der Waals surface area contributed by atoms with Crippen LogP contribution >= 0.6 is 0 Å². The van der Waals surface area contributed by atoms with Crippen molar-refractivity contribution in [3.63, 3.8) is 0 Å². The van der Waals surface area contributed by atoms with Crippen LogP contribution in [0.15, 0.2) is 30.5 Å². The van der Waals surface area contributed by atoms with Crippen molar-refractivity contribution in [2.75, 3.05) is 7.05 Å². The predicted octanol–water partition coefficient (Wildman–Crippen LogP) is 0.877. The van der Waals surface area contributed by atoms with Gasteiger partial charge in [0.15, 0.2) is 0 Å². The Bertz CT molecular complexity index is 396. The van der Waals surface area contributed by atoms with Gasteiger partial charge in [-0.15, -0.1) is 0 Å². The molecule has 1 aliphatic heterocycles. The topological polar surface area (TPSA) is 41.1 Å². The average Bonchev–Trinajstić information content (AvgIpc) is 2.23. The van der Waals surface area contributed by atoms with Crippen LogP contribution in [-0.2, 0) is 11.3 Å². The quantitative estimate of drug-likeness (QED) is 0.642. The Morgan fingerprint density at radius 3 is 3.00 bits per heavy atom. The van der Waals surface area contributed by atoms with Crippen LogP contribution in [0.2, 0.25) is 0 Å². The van der Waals surface area contributed by atoms with Gasteiger partial charge in [-0.2, -0.15) is 0 Å². The molecule has 1 aliphatic rings. The van der Waals surface area contributed by atoms with Crippen molar-refractivity contribution in [2.45, 2.75) is 6.54 Å². The third-order valence-electron chi connectivity index (χ3n) is 2.28. The van der Waals surface area contributed by atoms with E-state index in [1.54, 1.807) is 13.2 Å². The number of hydrogen-bond acceptors (Lipinski definition) is 2. The van der Waals surface area contributed by atoms with E-state index in [0.717, 1.165) is 11.1 Å². The molecule has 0 spiro atoms. The Morgan fingerprint density at radius 1 is 1.43 bits per heavy atom. The molecule has 0 unspecified atom stereocenters. The molecule has 2 N–H and O–H groups in total. The van der Waals surface area contributed by atoms with E-state index in [0.29, 0.717) is 12.1 Å². The molecule has 1 heterocycles. The summed E-state index contributed by atoms with van der Waals surface area (Å²) in [6.45, 7) is 0.621. The monoisotopic (exact) mass is 188 g/mol. The lowest BCUT2D eigenvalue weighted by molar-refractivity contribution is -0.116. The highest BCUT2D eigenvalue weighted by Crippen LogP contribution is 2.22. The van der Waals surface area contributed by atoms with Gasteiger partial charge < -0.3 is 10.6 Å². The van der Waals surface area contributed by atoms with Crippen molar-refractivity contribution in [1.82, 2.24) is 10.6 Å². The third kappa shape index (κ3) is 1.37. The first kappa shape index (κ1) is 8.81. The molecule has 0 atom stereocenters. The number of fused-ring (bicyclic) bond motifs is 1. The zero-order chi connectivity index (χ0) is 9.97. The summed E-state index contributed by atoms with van der Waals surface area (Å²) in [5.41, 5.74) is 2.88. The molecule has 1 aromatic rings. The molecule has 0 saturated carbocycles. The molecule has 0 saturated heterocycles. The summed E-state index contributed by atoms with van der Waals surface area (Å²) < 4.78 is 0. The zero-order valence-corrected chi connectivity index (χ0v) is 8.00. The second-order valence-electron chi connectivity index (χ2n) is 3.19. The van der Waals surface area contributed by atoms with Crippen LogP contribution in [0.3, 0.4) is 0 Å². The van der Waals surface area contributed by atoms with E-state index in [9.17, 15) is 4.79 Å². The van der Waals surface area contributed by atoms with Crippen molar-refractivity contribution < 1.29 is 4.79 Å². The fraction of sp³-hybridized carbons (Fsp3) is 0.182. The lowest BCUT2D eigenvalue weighted by Gasteiger charge is -2.19. The van der Waals surface area contributed by atoms with Gasteiger partial charge in [-0.05, 0) is 11.1 Å². The summed E-state index contributed by atoms with van der Waals surface area (Å²) >= 11 is 0. The van der Waals surface area contributed by atoms with E-state index < -0.39 is 0 Å². The third-order valence-corrected chi connectivity index (χ3v) is 2.28. The molecule has 2 rings (SSSR count). The molecule has 0 radical (unpaired) electrons. The zero-order valence-electron chi connectivity index (χ0n) is 8.00. The highest BCUT2D eigenvalue weighted by Gasteiger charge is 2.19. The highest BCUT2D eigenvalue weighted by molar-refractivity contribution is 6.20. The lowest BCUT2D eigenvalue weighted by atomic mass is 9.96. The molecule has 72 valence electrons. The molecule has 0 bridgehead atoms. The maximum atomic E-state index is 11.5. The molecule has 0 aromatic heterocycles. The molecule has 0 aliphatic carbocycles. The van der Waals surface area contributed by atoms with Crippen molar-refractivity contribution >= 4 is 11.5 Å². The van der Waals surface area contributed by atoms with E-state index in [-0.39, 0.29) is 5.91 Å². The van der Waals surface area contributed by atoms with Crippen molar-refractivity contribution in [1.29, 1.82) is 0 Å². The van der Waals surface area contributed by atoms with Crippen molar-refractivity contribution in [2.24, 2.45) is 0 Å². The molecular weight excluding hydrogens is 176 g/mol. The summed E-state index contributed by atoms with van der Waals surface area (Å²) in [7, 11) is 1.79. The van der Waals surface area contributed by atoms with Crippen LogP contribution in [0.5, 0.6) is 0 Å². The maximum Gasteiger partial charge on any atom is 0.253 e. The van der Waals surface area contributed by atoms with Gasteiger partial charge in [0.25, 0.3) is 5.91 Å². The number of amides is 1. The Morgan fingerprint density at radius 2 is 2.21 bits per heavy atom. The Labute approximate surface area is 82.8 Å². The van der Waals surface area contributed by atoms with E-state index in [2.05, 4.69) is 10.6 Å². The average molecular weight is 188 g/mol. The Balaban J connectivity index is 2.52. The fourth-order valence-corrected chi connectivity index (χ4v) is 1.62. The Kier molecular flexibility index (Phi) is 2.23. The first-order valence-corrected chi connectivity index (χ1v) is 4.57. The van der Waals surface area contributed by atoms with Crippen LogP contribution < -0.4 is 10.6 Å². The van der Waals surface area contributed by atoms with Gasteiger partial charge in [-0.1, -0.05) is 24.3 Å². The first-order valence-electron chi connectivity index (χ1n) is 4.57. The molecule has 3 nitrogen and oxygen atoms in total. The summed E-state index contributed by atoms with van der Waals surface area (Å²) in [6.07, 6.45) is 1.73. The predicted molar refractivity (Wildman–Crippen MR) is 55.3 cm³/mol. The van der Waals surface area contributed by atoms with Crippen LogP contribution in [0, 0.1) is 0 Å². The first-order chi connectivity index (χ1) is 6.83. The number of nitrogens with one attached hydrogen (secondary N) is 2. The summed E-state index contributed by atoms with van der Waals surface area (Å²) in [6, 6.07) is 7.92. The number of benzene rings is 1. The van der Waals surface area contributed by atoms with Crippen LogP contribution in [0.25, 0.3) is 5.57 Å². The second-order valence-corrected chi connectivity index (χ2v) is 3.19. The van der Waals surface area contributed by atoms with Crippen LogP contribution in [0.1, 0.15) is 11.1 Å². The SMILES string of the molecule is CN/C=C1/C(=O)NCc2ccccc21. The van der Waals surface area contributed by atoms with Crippen LogP contribution in [-0.4, -0.2) is 13.0 Å². The van der Waals surface area contributed by atoms with Crippen molar-refractivity contribution in [3.8, 4) is 0 Å². The van der Waals surface area contributed by atoms with E-state index in [1.165, 1.54) is 0 Å². The maximum absolute atomic E-state index is 11.5. The number of carbonyl (C=O) groups excluding carboxylic acids is 1. The van der Waals surface area contributed by atoms with Gasteiger partial charge in [0.2, 0.25) is 0 Å². The standard InChI is InChI=1S/C11H12N2O/c1-12-7-10-9-5-3-2-4-8(9)6-13-11(10)14/h2-5,7,12H,6H2,1H3,(H,13,14)/b10-7+. The molecular formula is C11H12N2O. The number of hydrogen-bond donors (Lipinski definition) is 2. The summed E-state index contributed by atoms with van der Waals surface area (Å²) in [5, 5.41) is 5.71. The molecule has 1 aromatic carbocycles. The van der Waals surface area contributed by atoms with E-state index in [1.807, 2.05) is 24.3 Å². The van der Waals surface area contributed by atoms with Gasteiger partial charge in [-0.3, -0.25) is 4.79 Å². The summed E-state index contributed by atoms with van der Waals surface area (Å²) in [4.78, 5) is 11.5. The molecule has 3 heteroatoms. The molecule has 1 amide bonds. The Hall–Kier alpha value is -1.77. The largest absolute Gasteiger partial charge is 0.393 e. The summed E-state index contributed by atoms with van der Waals surface area (Å²) in [5.74, 6) is -0.0157. The lowest BCUT2D eigenvalue weighted by Crippen LogP contribution is -2.30. The van der Waals surface area contributed by atoms with Crippen LogP contribution in [0.4, 0.5) is 0 Å². The highest BCUT2D eigenvalue weighted by atomic mass is 16.1. The molecule has 0 fully saturated rings. The van der Waals surface area contributed by atoms with Gasteiger partial charge >= 0.3 is 0 Å². The minimum absolute atomic E-state index is 0.0157. The van der Waals surface area contributed by atoms with Gasteiger partial charge in [0, 0.05) is 19.8 Å².